The summed E-state index contributed by atoms with van der Waals surface area (Å²) in [6.45, 7) is 0. The van der Waals surface area contributed by atoms with E-state index in [4.69, 9.17) is 27.1 Å². The second-order valence-electron chi connectivity index (χ2n) is 4.89. The number of halogens is 2. The van der Waals surface area contributed by atoms with Crippen molar-refractivity contribution in [1.82, 2.24) is 0 Å². The Morgan fingerprint density at radius 2 is 1.16 bits per heavy atom. The number of nitrogen functional groups attached to an aromatic ring is 1. The molecule has 0 saturated carbocycles. The highest BCUT2D eigenvalue weighted by Crippen LogP contribution is 2.29. The predicted molar refractivity (Wildman–Crippen MR) is 101 cm³/mol. The van der Waals surface area contributed by atoms with E-state index in [-0.39, 0.29) is 9.79 Å². The van der Waals surface area contributed by atoms with E-state index in [1.165, 1.54) is 24.3 Å². The molecule has 9 heteroatoms. The third-order valence-corrected chi connectivity index (χ3v) is 5.96. The number of rotatable bonds is 2. The van der Waals surface area contributed by atoms with Gasteiger partial charge in [0.1, 0.15) is 0 Å². The third kappa shape index (κ3) is 5.09. The zero-order valence-corrected chi connectivity index (χ0v) is 15.8. The van der Waals surface area contributed by atoms with E-state index in [2.05, 4.69) is 0 Å². The fraction of sp³-hybridized carbons (Fsp3) is 0. The summed E-state index contributed by atoms with van der Waals surface area (Å²) in [5.41, 5.74) is 6.27. The van der Waals surface area contributed by atoms with Gasteiger partial charge >= 0.3 is 0 Å². The number of nitrogens with two attached hydrogens (primary N) is 1. The number of anilines is 1. The number of hydrogen-bond acceptors (Lipinski definition) is 5. The van der Waals surface area contributed by atoms with Gasteiger partial charge in [0.2, 0.25) is 0 Å². The van der Waals surface area contributed by atoms with E-state index in [9.17, 15) is 16.8 Å². The molecule has 132 valence electrons. The maximum atomic E-state index is 11.3. The molecule has 0 aliphatic carbocycles. The zero-order chi connectivity index (χ0) is 18.7. The van der Waals surface area contributed by atoms with Crippen molar-refractivity contribution in [2.45, 2.75) is 9.79 Å². The molecule has 25 heavy (non-hydrogen) atoms. The lowest BCUT2D eigenvalue weighted by molar-refractivity contribution is 0.608. The summed E-state index contributed by atoms with van der Waals surface area (Å²) in [6, 6.07) is 17.8. The lowest BCUT2D eigenvalue weighted by Crippen LogP contribution is -1.95. The van der Waals surface area contributed by atoms with Crippen LogP contribution in [-0.2, 0) is 18.1 Å². The quantitative estimate of drug-likeness (QED) is 0.502. The predicted octanol–water partition coefficient (Wildman–Crippen LogP) is 3.96. The first-order valence-electron chi connectivity index (χ1n) is 6.82. The molecule has 0 fully saturated rings. The molecular weight excluding hydrogens is 405 g/mol. The summed E-state index contributed by atoms with van der Waals surface area (Å²) in [5, 5.41) is 1.24. The lowest BCUT2D eigenvalue weighted by atomic mass is 10.1. The van der Waals surface area contributed by atoms with Crippen LogP contribution in [0.1, 0.15) is 0 Å². The van der Waals surface area contributed by atoms with Gasteiger partial charge in [0, 0.05) is 37.8 Å². The molecule has 0 aliphatic rings. The normalized spacial score (nSPS) is 11.6. The van der Waals surface area contributed by atoms with Gasteiger partial charge in [-0.1, -0.05) is 42.5 Å². The van der Waals surface area contributed by atoms with Crippen LogP contribution in [0.2, 0.25) is 0 Å². The van der Waals surface area contributed by atoms with E-state index in [1.54, 1.807) is 42.5 Å². The summed E-state index contributed by atoms with van der Waals surface area (Å²) in [5.74, 6) is 0. The Bertz CT molecular complexity index is 1100. The van der Waals surface area contributed by atoms with Crippen LogP contribution >= 0.6 is 21.4 Å². The summed E-state index contributed by atoms with van der Waals surface area (Å²) < 4.78 is 43.8. The van der Waals surface area contributed by atoms with E-state index in [1.807, 2.05) is 0 Å². The highest BCUT2D eigenvalue weighted by molar-refractivity contribution is 8.14. The first-order valence-corrected chi connectivity index (χ1v) is 11.4. The molecule has 5 nitrogen and oxygen atoms in total. The third-order valence-electron chi connectivity index (χ3n) is 3.21. The summed E-state index contributed by atoms with van der Waals surface area (Å²) >= 11 is 0. The summed E-state index contributed by atoms with van der Waals surface area (Å²) in [6.07, 6.45) is 0. The van der Waals surface area contributed by atoms with E-state index in [0.717, 1.165) is 0 Å². The van der Waals surface area contributed by atoms with Gasteiger partial charge in [0.25, 0.3) is 18.1 Å². The molecule has 0 saturated heterocycles. The number of hydrogen-bond donors (Lipinski definition) is 1. The largest absolute Gasteiger partial charge is 0.398 e. The second-order valence-corrected chi connectivity index (χ2v) is 9.99. The van der Waals surface area contributed by atoms with Crippen LogP contribution in [0.3, 0.4) is 0 Å². The molecule has 0 radical (unpaired) electrons. The molecule has 2 N–H and O–H groups in total. The van der Waals surface area contributed by atoms with Gasteiger partial charge in [0.05, 0.1) is 9.79 Å². The maximum Gasteiger partial charge on any atom is 0.261 e. The Balaban J connectivity index is 0.000000196. The monoisotopic (exact) mass is 417 g/mol. The Morgan fingerprint density at radius 3 is 1.64 bits per heavy atom. The van der Waals surface area contributed by atoms with Gasteiger partial charge in [0.15, 0.2) is 0 Å². The molecule has 0 atom stereocenters. The highest BCUT2D eigenvalue weighted by atomic mass is 35.7. The molecule has 0 unspecified atom stereocenters. The van der Waals surface area contributed by atoms with Crippen LogP contribution in [0.4, 0.5) is 5.69 Å². The average Bonchev–Trinajstić information content (AvgIpc) is 2.55. The Kier molecular flexibility index (Phi) is 5.95. The Hall–Kier alpha value is -1.80. The van der Waals surface area contributed by atoms with Crippen molar-refractivity contribution in [3.8, 4) is 0 Å². The molecule has 3 aromatic rings. The Morgan fingerprint density at radius 1 is 0.640 bits per heavy atom. The van der Waals surface area contributed by atoms with Crippen LogP contribution in [0, 0.1) is 0 Å². The van der Waals surface area contributed by atoms with E-state index >= 15 is 0 Å². The van der Waals surface area contributed by atoms with Crippen LogP contribution in [0.5, 0.6) is 0 Å². The van der Waals surface area contributed by atoms with Gasteiger partial charge in [-0.3, -0.25) is 0 Å². The maximum absolute atomic E-state index is 11.3. The zero-order valence-electron chi connectivity index (χ0n) is 12.6. The van der Waals surface area contributed by atoms with Crippen molar-refractivity contribution in [2.75, 3.05) is 5.73 Å². The lowest BCUT2D eigenvalue weighted by Gasteiger charge is -2.05. The van der Waals surface area contributed by atoms with Crippen molar-refractivity contribution in [3.63, 3.8) is 0 Å². The standard InChI is InChI=1S/C10H8ClNO2S.C6H5ClO2S/c11-15(13,14)10-6-5-9(12)7-3-1-2-4-8(7)10;7-10(8,9)6-4-2-1-3-5-6/h1-6H,12H2;1-5H. The summed E-state index contributed by atoms with van der Waals surface area (Å²) in [7, 11) is 3.09. The minimum atomic E-state index is -3.73. The van der Waals surface area contributed by atoms with Crippen LogP contribution in [-0.4, -0.2) is 16.8 Å². The molecule has 0 spiro atoms. The number of benzene rings is 3. The Labute approximate surface area is 154 Å². The van der Waals surface area contributed by atoms with Crippen LogP contribution < -0.4 is 5.73 Å². The molecule has 0 aliphatic heterocycles. The average molecular weight is 418 g/mol. The fourth-order valence-electron chi connectivity index (χ4n) is 2.09. The smallest absolute Gasteiger partial charge is 0.261 e. The first-order chi connectivity index (χ1) is 11.6. The molecule has 0 heterocycles. The van der Waals surface area contributed by atoms with E-state index < -0.39 is 18.1 Å². The minimum Gasteiger partial charge on any atom is -0.398 e. The summed E-state index contributed by atoms with van der Waals surface area (Å²) in [4.78, 5) is 0.227. The molecular formula is C16H13Cl2NO4S2. The van der Waals surface area contributed by atoms with Crippen molar-refractivity contribution < 1.29 is 16.8 Å². The van der Waals surface area contributed by atoms with Gasteiger partial charge < -0.3 is 5.73 Å². The van der Waals surface area contributed by atoms with Crippen molar-refractivity contribution in [2.24, 2.45) is 0 Å². The molecule has 3 rings (SSSR count). The van der Waals surface area contributed by atoms with Crippen LogP contribution in [0.15, 0.2) is 76.5 Å². The minimum absolute atomic E-state index is 0.0916. The second kappa shape index (κ2) is 7.61. The van der Waals surface area contributed by atoms with Crippen molar-refractivity contribution in [3.05, 3.63) is 66.7 Å². The molecule has 0 aromatic heterocycles. The van der Waals surface area contributed by atoms with Gasteiger partial charge in [-0.25, -0.2) is 16.8 Å². The van der Waals surface area contributed by atoms with E-state index in [0.29, 0.717) is 16.5 Å². The molecule has 0 amide bonds. The van der Waals surface area contributed by atoms with Gasteiger partial charge in [-0.15, -0.1) is 0 Å². The number of fused-ring (bicyclic) bond motifs is 1. The fourth-order valence-corrected chi connectivity index (χ4v) is 3.96. The SMILES string of the molecule is Nc1ccc(S(=O)(=O)Cl)c2ccccc12.O=S(=O)(Cl)c1ccccc1. The van der Waals surface area contributed by atoms with Gasteiger partial charge in [-0.2, -0.15) is 0 Å². The topological polar surface area (TPSA) is 94.3 Å². The molecule has 3 aromatic carbocycles. The van der Waals surface area contributed by atoms with Crippen molar-refractivity contribution in [1.29, 1.82) is 0 Å². The van der Waals surface area contributed by atoms with Crippen LogP contribution in [0.25, 0.3) is 10.8 Å². The van der Waals surface area contributed by atoms with Gasteiger partial charge in [-0.05, 0) is 24.3 Å². The highest BCUT2D eigenvalue weighted by Gasteiger charge is 2.14. The molecule has 0 bridgehead atoms. The van der Waals surface area contributed by atoms with Crippen molar-refractivity contribution >= 4 is 55.9 Å². The first kappa shape index (κ1) is 19.5.